The summed E-state index contributed by atoms with van der Waals surface area (Å²) in [5.74, 6) is 1.20. The molecule has 0 spiro atoms. The van der Waals surface area contributed by atoms with E-state index in [-0.39, 0.29) is 11.4 Å². The second-order valence-electron chi connectivity index (χ2n) is 5.90. The minimum absolute atomic E-state index is 0.136. The van der Waals surface area contributed by atoms with E-state index in [1.165, 1.54) is 18.5 Å². The van der Waals surface area contributed by atoms with Gasteiger partial charge in [0.2, 0.25) is 10.0 Å². The number of aromatic nitrogens is 4. The molecule has 1 aromatic carbocycles. The van der Waals surface area contributed by atoms with E-state index >= 15 is 0 Å². The summed E-state index contributed by atoms with van der Waals surface area (Å²) in [5, 5.41) is 7.77. The predicted octanol–water partition coefficient (Wildman–Crippen LogP) is 2.32. The van der Waals surface area contributed by atoms with Crippen LogP contribution in [0.1, 0.15) is 11.3 Å². The van der Waals surface area contributed by atoms with Gasteiger partial charge in [-0.2, -0.15) is 5.10 Å². The number of nitrogens with zero attached hydrogens (tertiary/aromatic N) is 4. The van der Waals surface area contributed by atoms with Crippen molar-refractivity contribution in [2.75, 3.05) is 18.4 Å². The van der Waals surface area contributed by atoms with E-state index in [0.717, 1.165) is 11.3 Å². The second kappa shape index (κ2) is 8.03. The van der Waals surface area contributed by atoms with Gasteiger partial charge in [0.25, 0.3) is 0 Å². The van der Waals surface area contributed by atoms with Gasteiger partial charge < -0.3 is 5.32 Å². The molecule has 0 radical (unpaired) electrons. The van der Waals surface area contributed by atoms with Crippen LogP contribution in [0, 0.1) is 13.8 Å². The number of nitrogens with one attached hydrogen (secondary N) is 2. The van der Waals surface area contributed by atoms with E-state index in [0.29, 0.717) is 23.2 Å². The fraction of sp³-hybridized carbons (Fsp3) is 0.235. The molecule has 0 saturated carbocycles. The van der Waals surface area contributed by atoms with Crippen LogP contribution in [0.4, 0.5) is 5.82 Å². The Morgan fingerprint density at radius 3 is 2.63 bits per heavy atom. The molecule has 0 saturated heterocycles. The maximum atomic E-state index is 12.3. The first-order valence-corrected chi connectivity index (χ1v) is 10.1. The summed E-state index contributed by atoms with van der Waals surface area (Å²) in [6.45, 7) is 4.25. The molecule has 0 atom stereocenters. The Kier molecular flexibility index (Phi) is 5.73. The SMILES string of the molecule is Cc1ccn(-c2cc(NCCNS(=O)(=O)c3ccc(C)c(Cl)c3)ncn2)n1. The summed E-state index contributed by atoms with van der Waals surface area (Å²) in [6, 6.07) is 8.26. The molecule has 0 bridgehead atoms. The first kappa shape index (κ1) is 19.3. The van der Waals surface area contributed by atoms with Gasteiger partial charge in [-0.25, -0.2) is 27.8 Å². The van der Waals surface area contributed by atoms with Crippen molar-refractivity contribution in [3.05, 3.63) is 59.1 Å². The summed E-state index contributed by atoms with van der Waals surface area (Å²) in [4.78, 5) is 8.43. The van der Waals surface area contributed by atoms with Gasteiger partial charge in [-0.15, -0.1) is 0 Å². The summed E-state index contributed by atoms with van der Waals surface area (Å²) < 4.78 is 28.8. The topological polar surface area (TPSA) is 102 Å². The van der Waals surface area contributed by atoms with Crippen molar-refractivity contribution in [2.24, 2.45) is 0 Å². The molecule has 0 fully saturated rings. The van der Waals surface area contributed by atoms with Crippen LogP contribution in [0.3, 0.4) is 0 Å². The highest BCUT2D eigenvalue weighted by Gasteiger charge is 2.14. The molecule has 0 aliphatic carbocycles. The van der Waals surface area contributed by atoms with Gasteiger partial charge in [-0.3, -0.25) is 0 Å². The lowest BCUT2D eigenvalue weighted by Crippen LogP contribution is -2.29. The van der Waals surface area contributed by atoms with Crippen LogP contribution in [0.15, 0.2) is 47.8 Å². The molecule has 0 amide bonds. The molecule has 0 aliphatic heterocycles. The molecule has 3 rings (SSSR count). The zero-order valence-electron chi connectivity index (χ0n) is 14.8. The molecule has 8 nitrogen and oxygen atoms in total. The molecule has 142 valence electrons. The highest BCUT2D eigenvalue weighted by Crippen LogP contribution is 2.19. The van der Waals surface area contributed by atoms with Crippen LogP contribution in [-0.2, 0) is 10.0 Å². The van der Waals surface area contributed by atoms with Gasteiger partial charge in [0, 0.05) is 30.4 Å². The van der Waals surface area contributed by atoms with E-state index < -0.39 is 10.0 Å². The van der Waals surface area contributed by atoms with E-state index in [1.54, 1.807) is 16.8 Å². The normalized spacial score (nSPS) is 11.5. The standard InChI is InChI=1S/C17H19ClN6O2S/c1-12-3-4-14(9-15(12)18)27(25,26)22-7-6-19-16-10-17(21-11-20-16)24-8-5-13(2)23-24/h3-5,8-11,22H,6-7H2,1-2H3,(H,19,20,21). The molecule has 2 heterocycles. The number of hydrogen-bond donors (Lipinski definition) is 2. The Morgan fingerprint density at radius 2 is 1.93 bits per heavy atom. The van der Waals surface area contributed by atoms with Gasteiger partial charge >= 0.3 is 0 Å². The van der Waals surface area contributed by atoms with E-state index in [2.05, 4.69) is 25.1 Å². The lowest BCUT2D eigenvalue weighted by molar-refractivity contribution is 0.583. The highest BCUT2D eigenvalue weighted by molar-refractivity contribution is 7.89. The number of aryl methyl sites for hydroxylation is 2. The van der Waals surface area contributed by atoms with Crippen LogP contribution in [-0.4, -0.2) is 41.3 Å². The van der Waals surface area contributed by atoms with Crippen LogP contribution in [0.2, 0.25) is 5.02 Å². The summed E-state index contributed by atoms with van der Waals surface area (Å²) in [6.07, 6.45) is 3.23. The predicted molar refractivity (Wildman–Crippen MR) is 104 cm³/mol. The molecule has 0 aliphatic rings. The van der Waals surface area contributed by atoms with Crippen LogP contribution >= 0.6 is 11.6 Å². The van der Waals surface area contributed by atoms with Crippen molar-refractivity contribution in [3.8, 4) is 5.82 Å². The third-order valence-electron chi connectivity index (χ3n) is 3.79. The molecule has 27 heavy (non-hydrogen) atoms. The van der Waals surface area contributed by atoms with Crippen molar-refractivity contribution in [1.82, 2.24) is 24.5 Å². The number of sulfonamides is 1. The Bertz CT molecular complexity index is 1050. The maximum Gasteiger partial charge on any atom is 0.240 e. The number of benzene rings is 1. The third-order valence-corrected chi connectivity index (χ3v) is 5.65. The second-order valence-corrected chi connectivity index (χ2v) is 8.07. The fourth-order valence-electron chi connectivity index (χ4n) is 2.31. The van der Waals surface area contributed by atoms with Gasteiger partial charge in [-0.1, -0.05) is 17.7 Å². The maximum absolute atomic E-state index is 12.3. The minimum Gasteiger partial charge on any atom is -0.369 e. The molecule has 10 heteroatoms. The van der Waals surface area contributed by atoms with E-state index in [1.807, 2.05) is 26.1 Å². The number of rotatable bonds is 7. The molecule has 3 aromatic rings. The lowest BCUT2D eigenvalue weighted by atomic mass is 10.2. The Hall–Kier alpha value is -2.49. The van der Waals surface area contributed by atoms with E-state index in [9.17, 15) is 8.42 Å². The summed E-state index contributed by atoms with van der Waals surface area (Å²) >= 11 is 6.00. The molecule has 2 N–H and O–H groups in total. The molecule has 0 unspecified atom stereocenters. The van der Waals surface area contributed by atoms with Crippen molar-refractivity contribution < 1.29 is 8.42 Å². The third kappa shape index (κ3) is 4.82. The van der Waals surface area contributed by atoms with Gasteiger partial charge in [0.1, 0.15) is 12.1 Å². The average Bonchev–Trinajstić information content (AvgIpc) is 3.08. The van der Waals surface area contributed by atoms with Crippen molar-refractivity contribution >= 4 is 27.4 Å². The van der Waals surface area contributed by atoms with Crippen LogP contribution < -0.4 is 10.0 Å². The Morgan fingerprint density at radius 1 is 1.11 bits per heavy atom. The largest absolute Gasteiger partial charge is 0.369 e. The quantitative estimate of drug-likeness (QED) is 0.584. The Labute approximate surface area is 162 Å². The Balaban J connectivity index is 1.58. The lowest BCUT2D eigenvalue weighted by Gasteiger charge is -2.10. The minimum atomic E-state index is -3.62. The van der Waals surface area contributed by atoms with Crippen LogP contribution in [0.5, 0.6) is 0 Å². The van der Waals surface area contributed by atoms with E-state index in [4.69, 9.17) is 11.6 Å². The number of halogens is 1. The van der Waals surface area contributed by atoms with Crippen molar-refractivity contribution in [1.29, 1.82) is 0 Å². The highest BCUT2D eigenvalue weighted by atomic mass is 35.5. The first-order chi connectivity index (χ1) is 12.8. The molecule has 2 aromatic heterocycles. The van der Waals surface area contributed by atoms with Gasteiger partial charge in [-0.05, 0) is 37.6 Å². The summed E-state index contributed by atoms with van der Waals surface area (Å²) in [5.41, 5.74) is 1.71. The van der Waals surface area contributed by atoms with Gasteiger partial charge in [0.15, 0.2) is 5.82 Å². The molecular weight excluding hydrogens is 388 g/mol. The average molecular weight is 407 g/mol. The number of anilines is 1. The van der Waals surface area contributed by atoms with Crippen LogP contribution in [0.25, 0.3) is 5.82 Å². The summed E-state index contributed by atoms with van der Waals surface area (Å²) in [7, 11) is -3.62. The number of hydrogen-bond acceptors (Lipinski definition) is 6. The van der Waals surface area contributed by atoms with Gasteiger partial charge in [0.05, 0.1) is 10.6 Å². The zero-order valence-corrected chi connectivity index (χ0v) is 16.4. The van der Waals surface area contributed by atoms with Crippen molar-refractivity contribution in [2.45, 2.75) is 18.7 Å². The monoisotopic (exact) mass is 406 g/mol. The zero-order chi connectivity index (χ0) is 19.4. The molecular formula is C17H19ClN6O2S. The first-order valence-electron chi connectivity index (χ1n) is 8.19. The smallest absolute Gasteiger partial charge is 0.240 e. The fourth-order valence-corrected chi connectivity index (χ4v) is 3.61. The van der Waals surface area contributed by atoms with Crippen molar-refractivity contribution in [3.63, 3.8) is 0 Å².